The van der Waals surface area contributed by atoms with Crippen LogP contribution in [0.5, 0.6) is 0 Å². The van der Waals surface area contributed by atoms with E-state index in [1.807, 2.05) is 27.0 Å². The lowest BCUT2D eigenvalue weighted by Crippen LogP contribution is -2.43. The van der Waals surface area contributed by atoms with Crippen LogP contribution in [-0.4, -0.2) is 66.3 Å². The molecule has 3 unspecified atom stereocenters. The number of amides is 4. The van der Waals surface area contributed by atoms with Crippen molar-refractivity contribution >= 4 is 29.7 Å². The zero-order valence-corrected chi connectivity index (χ0v) is 25.6. The van der Waals surface area contributed by atoms with Crippen molar-refractivity contribution in [2.75, 3.05) is 20.7 Å². The van der Waals surface area contributed by atoms with E-state index in [9.17, 15) is 24.1 Å². The number of nitrogens with one attached hydrogen (secondary N) is 1. The quantitative estimate of drug-likeness (QED) is 0.234. The molecule has 10 heteroatoms. The van der Waals surface area contributed by atoms with Gasteiger partial charge in [0.25, 0.3) is 5.91 Å². The smallest absolute Gasteiger partial charge is 0.332 e. The molecule has 0 spiro atoms. The predicted molar refractivity (Wildman–Crippen MR) is 162 cm³/mol. The average molecular weight is 581 g/mol. The standard InChI is InChI=1S/C32H44N4O6/c1-8-22(4)26(35(6)29(38)19-21(2)3)16-17-28(37)36-18-12-15-27(36)30(42-7)23(5)31(39)33-25(32(40)34-41)20-24-13-10-9-11-14-24/h9-11,13-15,20-22,26,30H,5,8,12,16-19H2,1-4,6-7H3,(H,33,39)/b25-20+. The van der Waals surface area contributed by atoms with Gasteiger partial charge in [0.2, 0.25) is 11.8 Å². The number of carbonyl (C=O) groups excluding carboxylic acids is 4. The Labute approximate surface area is 248 Å². The van der Waals surface area contributed by atoms with Crippen LogP contribution in [0.15, 0.2) is 65.1 Å². The van der Waals surface area contributed by atoms with Gasteiger partial charge in [-0.2, -0.15) is 0 Å². The molecule has 0 aliphatic carbocycles. The number of ether oxygens (including phenoxy) is 1. The van der Waals surface area contributed by atoms with E-state index in [4.69, 9.17) is 4.74 Å². The third-order valence-corrected chi connectivity index (χ3v) is 7.53. The molecule has 0 saturated heterocycles. The largest absolute Gasteiger partial charge is 0.370 e. The summed E-state index contributed by atoms with van der Waals surface area (Å²) in [7, 11) is 3.21. The van der Waals surface area contributed by atoms with Gasteiger partial charge in [-0.1, -0.05) is 77.1 Å². The summed E-state index contributed by atoms with van der Waals surface area (Å²) in [6, 6.07) is 8.60. The second-order valence-electron chi connectivity index (χ2n) is 11.0. The highest BCUT2D eigenvalue weighted by atomic mass is 16.5. The Balaban J connectivity index is 2.16. The molecule has 4 amide bonds. The van der Waals surface area contributed by atoms with Gasteiger partial charge < -0.3 is 19.9 Å². The molecule has 10 nitrogen and oxygen atoms in total. The van der Waals surface area contributed by atoms with Crippen LogP contribution in [0.4, 0.5) is 0 Å². The summed E-state index contributed by atoms with van der Waals surface area (Å²) in [5, 5.41) is 4.87. The van der Waals surface area contributed by atoms with Crippen molar-refractivity contribution in [3.63, 3.8) is 0 Å². The van der Waals surface area contributed by atoms with Gasteiger partial charge in [0.05, 0.1) is 5.70 Å². The molecule has 42 heavy (non-hydrogen) atoms. The van der Waals surface area contributed by atoms with Crippen molar-refractivity contribution in [1.29, 1.82) is 0 Å². The highest BCUT2D eigenvalue weighted by Crippen LogP contribution is 2.27. The lowest BCUT2D eigenvalue weighted by molar-refractivity contribution is -0.135. The van der Waals surface area contributed by atoms with Gasteiger partial charge in [0.1, 0.15) is 11.8 Å². The summed E-state index contributed by atoms with van der Waals surface area (Å²) in [6.07, 6.45) is 4.82. The van der Waals surface area contributed by atoms with E-state index < -0.39 is 17.9 Å². The first kappa shape index (κ1) is 34.3. The van der Waals surface area contributed by atoms with E-state index in [1.165, 1.54) is 13.2 Å². The summed E-state index contributed by atoms with van der Waals surface area (Å²) in [4.78, 5) is 65.9. The SMILES string of the molecule is C=C(C(=O)N/C(=C/c1ccccc1)C(=O)N=O)C(OC)C1=CCCN1C(=O)CCC(C(C)CC)N(C)C(=O)CC(C)C. The molecule has 1 heterocycles. The third-order valence-electron chi connectivity index (χ3n) is 7.53. The van der Waals surface area contributed by atoms with E-state index in [2.05, 4.69) is 30.9 Å². The fraction of sp³-hybridized carbons (Fsp3) is 0.500. The van der Waals surface area contributed by atoms with Gasteiger partial charge >= 0.3 is 5.91 Å². The number of carbonyl (C=O) groups is 4. The van der Waals surface area contributed by atoms with Crippen molar-refractivity contribution < 1.29 is 23.9 Å². The molecular weight excluding hydrogens is 536 g/mol. The summed E-state index contributed by atoms with van der Waals surface area (Å²) in [6.45, 7) is 12.5. The lowest BCUT2D eigenvalue weighted by atomic mass is 9.92. The van der Waals surface area contributed by atoms with E-state index in [0.717, 1.165) is 6.42 Å². The molecule has 228 valence electrons. The number of hydrogen-bond acceptors (Lipinski definition) is 6. The number of rotatable bonds is 15. The number of benzene rings is 1. The van der Waals surface area contributed by atoms with Crippen LogP contribution < -0.4 is 5.32 Å². The van der Waals surface area contributed by atoms with Crippen molar-refractivity contribution in [2.24, 2.45) is 17.0 Å². The van der Waals surface area contributed by atoms with Gasteiger partial charge in [0, 0.05) is 50.3 Å². The maximum absolute atomic E-state index is 13.5. The fourth-order valence-corrected chi connectivity index (χ4v) is 4.99. The van der Waals surface area contributed by atoms with Crippen LogP contribution in [-0.2, 0) is 23.9 Å². The molecular formula is C32H44N4O6. The second-order valence-corrected chi connectivity index (χ2v) is 11.0. The Kier molecular flexibility index (Phi) is 13.5. The maximum atomic E-state index is 13.5. The first-order valence-electron chi connectivity index (χ1n) is 14.4. The van der Waals surface area contributed by atoms with Crippen LogP contribution in [0.1, 0.15) is 65.4 Å². The van der Waals surface area contributed by atoms with Crippen LogP contribution in [0.25, 0.3) is 6.08 Å². The molecule has 1 aromatic carbocycles. The molecule has 0 aromatic heterocycles. The Morgan fingerprint density at radius 3 is 2.40 bits per heavy atom. The Morgan fingerprint density at radius 1 is 1.17 bits per heavy atom. The van der Waals surface area contributed by atoms with Crippen LogP contribution >= 0.6 is 0 Å². The van der Waals surface area contributed by atoms with E-state index in [1.54, 1.807) is 40.1 Å². The maximum Gasteiger partial charge on any atom is 0.332 e. The number of nitrogens with zero attached hydrogens (tertiary/aromatic N) is 3. The zero-order chi connectivity index (χ0) is 31.4. The van der Waals surface area contributed by atoms with Crippen molar-refractivity contribution in [1.82, 2.24) is 15.1 Å². The number of nitroso groups, excluding NO2 is 1. The number of methoxy groups -OCH3 is 1. The summed E-state index contributed by atoms with van der Waals surface area (Å²) in [5.74, 6) is -1.51. The first-order chi connectivity index (χ1) is 19.9. The Bertz CT molecular complexity index is 1210. The summed E-state index contributed by atoms with van der Waals surface area (Å²) in [5.41, 5.74) is 0.719. The van der Waals surface area contributed by atoms with Gasteiger partial charge in [-0.05, 0) is 36.3 Å². The van der Waals surface area contributed by atoms with Crippen LogP contribution in [0.2, 0.25) is 0 Å². The molecule has 0 bridgehead atoms. The molecule has 0 fully saturated rings. The summed E-state index contributed by atoms with van der Waals surface area (Å²) >= 11 is 0. The van der Waals surface area contributed by atoms with Crippen molar-refractivity contribution in [2.45, 2.75) is 71.9 Å². The topological polar surface area (TPSA) is 125 Å². The number of hydrogen-bond donors (Lipinski definition) is 1. The minimum atomic E-state index is -1.14. The highest BCUT2D eigenvalue weighted by Gasteiger charge is 2.34. The van der Waals surface area contributed by atoms with Crippen molar-refractivity contribution in [3.05, 3.63) is 70.4 Å². The molecule has 0 saturated carbocycles. The van der Waals surface area contributed by atoms with E-state index in [-0.39, 0.29) is 47.4 Å². The van der Waals surface area contributed by atoms with Crippen LogP contribution in [0.3, 0.4) is 0 Å². The highest BCUT2D eigenvalue weighted by molar-refractivity contribution is 6.05. The first-order valence-corrected chi connectivity index (χ1v) is 14.4. The van der Waals surface area contributed by atoms with Gasteiger partial charge in [-0.15, -0.1) is 4.91 Å². The minimum absolute atomic E-state index is 0.0439. The second kappa shape index (κ2) is 16.5. The van der Waals surface area contributed by atoms with Crippen molar-refractivity contribution in [3.8, 4) is 0 Å². The predicted octanol–water partition coefficient (Wildman–Crippen LogP) is 4.82. The average Bonchev–Trinajstić information content (AvgIpc) is 3.46. The molecule has 1 aliphatic heterocycles. The zero-order valence-electron chi connectivity index (χ0n) is 25.6. The molecule has 1 N–H and O–H groups in total. The third kappa shape index (κ3) is 9.30. The summed E-state index contributed by atoms with van der Waals surface area (Å²) < 4.78 is 5.61. The Morgan fingerprint density at radius 2 is 1.83 bits per heavy atom. The van der Waals surface area contributed by atoms with Gasteiger partial charge in [0.15, 0.2) is 0 Å². The van der Waals surface area contributed by atoms with E-state index >= 15 is 0 Å². The lowest BCUT2D eigenvalue weighted by Gasteiger charge is -2.34. The molecule has 2 rings (SSSR count). The normalized spacial score (nSPS) is 15.5. The van der Waals surface area contributed by atoms with Gasteiger partial charge in [-0.3, -0.25) is 19.2 Å². The van der Waals surface area contributed by atoms with Gasteiger partial charge in [-0.25, -0.2) is 0 Å². The van der Waals surface area contributed by atoms with E-state index in [0.29, 0.717) is 37.1 Å². The molecule has 1 aliphatic rings. The molecule has 3 atom stereocenters. The van der Waals surface area contributed by atoms with Crippen LogP contribution in [0, 0.1) is 16.7 Å². The molecule has 1 aromatic rings. The molecule has 0 radical (unpaired) electrons. The Hall–Kier alpha value is -3.92. The minimum Gasteiger partial charge on any atom is -0.370 e. The monoisotopic (exact) mass is 580 g/mol. The fourth-order valence-electron chi connectivity index (χ4n) is 4.99.